The predicted octanol–water partition coefficient (Wildman–Crippen LogP) is 3.59. The molecule has 11 heteroatoms. The number of halogens is 1. The number of carbonyl (C=O) groups is 1. The van der Waals surface area contributed by atoms with Crippen molar-refractivity contribution >= 4 is 17.1 Å². The fourth-order valence-corrected chi connectivity index (χ4v) is 4.55. The molecule has 1 N–H and O–H groups in total. The molecule has 0 bridgehead atoms. The molecule has 1 aliphatic rings. The molecule has 1 amide bonds. The number of fused-ring (bicyclic) bond motifs is 1. The van der Waals surface area contributed by atoms with E-state index in [1.807, 2.05) is 33.0 Å². The number of likely N-dealkylation sites (N-methyl/N-ethyl adjacent to an activating group) is 1. The molecule has 4 aromatic rings. The SMILES string of the molecule is Cc1c(CNC(=O)c2nc(C(C)(C)C)no2)ccc(-c2ncnn3cc(N4CCN(C)[C@H](C)C4)cc23)c1F. The summed E-state index contributed by atoms with van der Waals surface area (Å²) >= 11 is 0. The Morgan fingerprint density at radius 3 is 2.76 bits per heavy atom. The van der Waals surface area contributed by atoms with Gasteiger partial charge >= 0.3 is 11.8 Å². The first-order valence-corrected chi connectivity index (χ1v) is 12.7. The molecule has 1 aliphatic heterocycles. The summed E-state index contributed by atoms with van der Waals surface area (Å²) in [6.07, 6.45) is 3.41. The second-order valence-corrected chi connectivity index (χ2v) is 11.0. The van der Waals surface area contributed by atoms with Crippen LogP contribution in [0.15, 0.2) is 35.2 Å². The Labute approximate surface area is 220 Å². The van der Waals surface area contributed by atoms with Crippen LogP contribution in [-0.2, 0) is 12.0 Å². The summed E-state index contributed by atoms with van der Waals surface area (Å²) in [5.41, 5.74) is 3.41. The zero-order valence-electron chi connectivity index (χ0n) is 22.6. The minimum atomic E-state index is -0.506. The summed E-state index contributed by atoms with van der Waals surface area (Å²) < 4.78 is 22.5. The highest BCUT2D eigenvalue weighted by molar-refractivity contribution is 5.89. The van der Waals surface area contributed by atoms with Crippen molar-refractivity contribution in [3.05, 3.63) is 59.4 Å². The first kappa shape index (κ1) is 25.8. The lowest BCUT2D eigenvalue weighted by atomic mass is 9.96. The molecule has 0 aliphatic carbocycles. The Morgan fingerprint density at radius 2 is 2.05 bits per heavy atom. The Kier molecular flexibility index (Phi) is 6.64. The maximum absolute atomic E-state index is 15.7. The minimum absolute atomic E-state index is 0.116. The lowest BCUT2D eigenvalue weighted by Crippen LogP contribution is -2.50. The van der Waals surface area contributed by atoms with Crippen molar-refractivity contribution < 1.29 is 13.7 Å². The van der Waals surface area contributed by atoms with E-state index in [2.05, 4.69) is 49.3 Å². The fraction of sp³-hybridized carbons (Fsp3) is 0.444. The minimum Gasteiger partial charge on any atom is -0.367 e. The average molecular weight is 521 g/mol. The zero-order chi connectivity index (χ0) is 27.2. The highest BCUT2D eigenvalue weighted by atomic mass is 19.1. The molecule has 3 aromatic heterocycles. The molecule has 1 aromatic carbocycles. The largest absolute Gasteiger partial charge is 0.367 e. The van der Waals surface area contributed by atoms with Crippen LogP contribution < -0.4 is 10.2 Å². The molecule has 0 unspecified atom stereocenters. The lowest BCUT2D eigenvalue weighted by molar-refractivity contribution is 0.0907. The number of nitrogens with zero attached hydrogens (tertiary/aromatic N) is 7. The van der Waals surface area contributed by atoms with Crippen molar-refractivity contribution in [1.82, 2.24) is 35.0 Å². The van der Waals surface area contributed by atoms with Gasteiger partial charge in [-0.05, 0) is 44.2 Å². The van der Waals surface area contributed by atoms with Crippen molar-refractivity contribution in [3.63, 3.8) is 0 Å². The average Bonchev–Trinajstić information content (AvgIpc) is 3.54. The Hall–Kier alpha value is -3.86. The number of nitrogens with one attached hydrogen (secondary N) is 1. The third-order valence-corrected chi connectivity index (χ3v) is 7.20. The van der Waals surface area contributed by atoms with E-state index in [4.69, 9.17) is 4.52 Å². The van der Waals surface area contributed by atoms with Crippen molar-refractivity contribution in [2.45, 2.75) is 52.6 Å². The quantitative estimate of drug-likeness (QED) is 0.426. The molecule has 38 heavy (non-hydrogen) atoms. The first-order chi connectivity index (χ1) is 18.0. The summed E-state index contributed by atoms with van der Waals surface area (Å²) in [4.78, 5) is 25.8. The number of rotatable bonds is 5. The molecule has 4 heterocycles. The molecule has 5 rings (SSSR count). The van der Waals surface area contributed by atoms with E-state index in [9.17, 15) is 4.79 Å². The summed E-state index contributed by atoms with van der Waals surface area (Å²) in [7, 11) is 2.13. The third kappa shape index (κ3) is 4.85. The lowest BCUT2D eigenvalue weighted by Gasteiger charge is -2.38. The number of benzene rings is 1. The van der Waals surface area contributed by atoms with Gasteiger partial charge in [-0.15, -0.1) is 0 Å². The van der Waals surface area contributed by atoms with Gasteiger partial charge in [-0.3, -0.25) is 4.79 Å². The highest BCUT2D eigenvalue weighted by Gasteiger charge is 2.25. The van der Waals surface area contributed by atoms with Crippen molar-refractivity contribution in [3.8, 4) is 11.3 Å². The number of aromatic nitrogens is 5. The van der Waals surface area contributed by atoms with Crippen LogP contribution in [0.2, 0.25) is 0 Å². The molecule has 1 saturated heterocycles. The van der Waals surface area contributed by atoms with E-state index in [1.54, 1.807) is 23.6 Å². The van der Waals surface area contributed by atoms with Gasteiger partial charge in [0, 0.05) is 43.2 Å². The van der Waals surface area contributed by atoms with Gasteiger partial charge in [-0.25, -0.2) is 13.9 Å². The summed E-state index contributed by atoms with van der Waals surface area (Å²) in [6.45, 7) is 12.6. The van der Waals surface area contributed by atoms with Gasteiger partial charge in [0.25, 0.3) is 0 Å². The van der Waals surface area contributed by atoms with E-state index in [-0.39, 0.29) is 23.7 Å². The van der Waals surface area contributed by atoms with Crippen LogP contribution in [0, 0.1) is 12.7 Å². The number of anilines is 1. The molecular formula is C27H33FN8O2. The highest BCUT2D eigenvalue weighted by Crippen LogP contribution is 2.31. The normalized spacial score (nSPS) is 16.8. The number of carbonyl (C=O) groups excluding carboxylic acids is 1. The summed E-state index contributed by atoms with van der Waals surface area (Å²) in [5.74, 6) is -0.567. The Morgan fingerprint density at radius 1 is 1.26 bits per heavy atom. The smallest absolute Gasteiger partial charge is 0.315 e. The zero-order valence-corrected chi connectivity index (χ0v) is 22.6. The molecule has 1 fully saturated rings. The van der Waals surface area contributed by atoms with Crippen LogP contribution in [0.5, 0.6) is 0 Å². The standard InChI is InChI=1S/C27H33FN8O2/c1-16-13-35(10-9-34(16)6)19-11-21-23(30-15-31-36(21)14-19)20-8-7-18(17(2)22(20)28)12-29-24(37)25-32-26(33-38-25)27(3,4)5/h7-8,11,14-16H,9-10,12-13H2,1-6H3,(H,29,37)/t16-/m1/s1. The summed E-state index contributed by atoms with van der Waals surface area (Å²) in [6, 6.07) is 5.95. The second-order valence-electron chi connectivity index (χ2n) is 11.0. The van der Waals surface area contributed by atoms with E-state index in [0.29, 0.717) is 34.3 Å². The molecule has 0 spiro atoms. The van der Waals surface area contributed by atoms with E-state index < -0.39 is 5.91 Å². The van der Waals surface area contributed by atoms with Crippen LogP contribution in [0.3, 0.4) is 0 Å². The predicted molar refractivity (Wildman–Crippen MR) is 142 cm³/mol. The molecule has 10 nitrogen and oxygen atoms in total. The van der Waals surface area contributed by atoms with Crippen LogP contribution >= 0.6 is 0 Å². The molecule has 0 radical (unpaired) electrons. The van der Waals surface area contributed by atoms with E-state index >= 15 is 4.39 Å². The maximum atomic E-state index is 15.7. The van der Waals surface area contributed by atoms with Crippen LogP contribution in [-0.4, -0.2) is 68.3 Å². The fourth-order valence-electron chi connectivity index (χ4n) is 4.55. The summed E-state index contributed by atoms with van der Waals surface area (Å²) in [5, 5.41) is 11.0. The van der Waals surface area contributed by atoms with Crippen molar-refractivity contribution in [2.24, 2.45) is 0 Å². The Bertz CT molecular complexity index is 1490. The maximum Gasteiger partial charge on any atom is 0.315 e. The van der Waals surface area contributed by atoms with Gasteiger partial charge in [-0.1, -0.05) is 32.0 Å². The first-order valence-electron chi connectivity index (χ1n) is 12.7. The van der Waals surface area contributed by atoms with Crippen molar-refractivity contribution in [1.29, 1.82) is 0 Å². The third-order valence-electron chi connectivity index (χ3n) is 7.20. The van der Waals surface area contributed by atoms with Crippen LogP contribution in [0.1, 0.15) is 55.3 Å². The second kappa shape index (κ2) is 9.79. The van der Waals surface area contributed by atoms with Gasteiger partial charge in [0.15, 0.2) is 5.82 Å². The van der Waals surface area contributed by atoms with Gasteiger partial charge < -0.3 is 19.6 Å². The molecule has 1 atom stereocenters. The van der Waals surface area contributed by atoms with Crippen molar-refractivity contribution in [2.75, 3.05) is 31.6 Å². The van der Waals surface area contributed by atoms with Crippen LogP contribution in [0.25, 0.3) is 16.8 Å². The van der Waals surface area contributed by atoms with Gasteiger partial charge in [0.05, 0.1) is 17.4 Å². The Balaban J connectivity index is 1.37. The van der Waals surface area contributed by atoms with E-state index in [0.717, 1.165) is 30.8 Å². The number of hydrogen-bond donors (Lipinski definition) is 1. The van der Waals surface area contributed by atoms with Crippen LogP contribution in [0.4, 0.5) is 10.1 Å². The van der Waals surface area contributed by atoms with E-state index in [1.165, 1.54) is 6.33 Å². The number of hydrogen-bond acceptors (Lipinski definition) is 8. The molecule has 0 saturated carbocycles. The van der Waals surface area contributed by atoms with Gasteiger partial charge in [-0.2, -0.15) is 10.1 Å². The molecular weight excluding hydrogens is 487 g/mol. The monoisotopic (exact) mass is 520 g/mol. The number of piperazine rings is 1. The van der Waals surface area contributed by atoms with Gasteiger partial charge in [0.1, 0.15) is 17.8 Å². The number of amides is 1. The molecule has 200 valence electrons. The topological polar surface area (TPSA) is 105 Å². The van der Waals surface area contributed by atoms with Gasteiger partial charge in [0.2, 0.25) is 0 Å².